The minimum Gasteiger partial charge on any atom is -0.396 e. The SMILES string of the molecule is CCc1cc(CC2(CO)CCCC2)n(C)n1. The first-order valence-corrected chi connectivity index (χ1v) is 6.32. The molecule has 3 nitrogen and oxygen atoms in total. The molecular formula is C13H22N2O. The zero-order chi connectivity index (χ0) is 11.6. The second-order valence-electron chi connectivity index (χ2n) is 5.15. The van der Waals surface area contributed by atoms with Crippen molar-refractivity contribution >= 4 is 0 Å². The number of aliphatic hydroxyl groups excluding tert-OH is 1. The Balaban J connectivity index is 2.15. The van der Waals surface area contributed by atoms with E-state index in [1.165, 1.54) is 18.5 Å². The van der Waals surface area contributed by atoms with Crippen molar-refractivity contribution < 1.29 is 5.11 Å². The zero-order valence-corrected chi connectivity index (χ0v) is 10.4. The van der Waals surface area contributed by atoms with Crippen molar-refractivity contribution in [2.24, 2.45) is 12.5 Å². The highest BCUT2D eigenvalue weighted by Crippen LogP contribution is 2.40. The average molecular weight is 222 g/mol. The normalized spacial score (nSPS) is 19.2. The predicted octanol–water partition coefficient (Wildman–Crippen LogP) is 2.08. The van der Waals surface area contributed by atoms with E-state index in [4.69, 9.17) is 0 Å². The monoisotopic (exact) mass is 222 g/mol. The van der Waals surface area contributed by atoms with Gasteiger partial charge in [-0.1, -0.05) is 19.8 Å². The van der Waals surface area contributed by atoms with Crippen LogP contribution in [0.15, 0.2) is 6.07 Å². The standard InChI is InChI=1S/C13H22N2O/c1-3-11-8-12(15(2)14-11)9-13(10-16)6-4-5-7-13/h8,16H,3-7,9-10H2,1-2H3. The highest BCUT2D eigenvalue weighted by atomic mass is 16.3. The fraction of sp³-hybridized carbons (Fsp3) is 0.769. The van der Waals surface area contributed by atoms with Gasteiger partial charge in [0.25, 0.3) is 0 Å². The lowest BCUT2D eigenvalue weighted by Gasteiger charge is -2.26. The zero-order valence-electron chi connectivity index (χ0n) is 10.4. The Labute approximate surface area is 97.5 Å². The van der Waals surface area contributed by atoms with E-state index in [1.807, 2.05) is 11.7 Å². The molecule has 0 amide bonds. The van der Waals surface area contributed by atoms with Crippen LogP contribution in [0.3, 0.4) is 0 Å². The number of hydrogen-bond acceptors (Lipinski definition) is 2. The quantitative estimate of drug-likeness (QED) is 0.847. The predicted molar refractivity (Wildman–Crippen MR) is 64.3 cm³/mol. The molecule has 0 bridgehead atoms. The van der Waals surface area contributed by atoms with Crippen LogP contribution < -0.4 is 0 Å². The number of aliphatic hydroxyl groups is 1. The van der Waals surface area contributed by atoms with Crippen LogP contribution in [-0.4, -0.2) is 21.5 Å². The lowest BCUT2D eigenvalue weighted by atomic mass is 9.82. The van der Waals surface area contributed by atoms with Crippen molar-refractivity contribution in [2.75, 3.05) is 6.61 Å². The first-order chi connectivity index (χ1) is 7.69. The Morgan fingerprint density at radius 2 is 2.12 bits per heavy atom. The summed E-state index contributed by atoms with van der Waals surface area (Å²) in [7, 11) is 2.01. The van der Waals surface area contributed by atoms with Crippen molar-refractivity contribution in [3.05, 3.63) is 17.5 Å². The van der Waals surface area contributed by atoms with Crippen molar-refractivity contribution in [1.82, 2.24) is 9.78 Å². The molecule has 1 aromatic heterocycles. The second-order valence-corrected chi connectivity index (χ2v) is 5.15. The first-order valence-electron chi connectivity index (χ1n) is 6.32. The lowest BCUT2D eigenvalue weighted by Crippen LogP contribution is -2.25. The summed E-state index contributed by atoms with van der Waals surface area (Å²) in [5, 5.41) is 14.1. The summed E-state index contributed by atoms with van der Waals surface area (Å²) in [6, 6.07) is 2.19. The fourth-order valence-electron chi connectivity index (χ4n) is 2.81. The van der Waals surface area contributed by atoms with Crippen LogP contribution >= 0.6 is 0 Å². The molecule has 1 saturated carbocycles. The number of aryl methyl sites for hydroxylation is 2. The van der Waals surface area contributed by atoms with Gasteiger partial charge < -0.3 is 5.11 Å². The molecule has 1 N–H and O–H groups in total. The molecule has 0 aliphatic heterocycles. The van der Waals surface area contributed by atoms with E-state index in [0.717, 1.165) is 31.4 Å². The summed E-state index contributed by atoms with van der Waals surface area (Å²) in [5.74, 6) is 0. The van der Waals surface area contributed by atoms with Crippen molar-refractivity contribution in [1.29, 1.82) is 0 Å². The van der Waals surface area contributed by atoms with Crippen LogP contribution in [0.5, 0.6) is 0 Å². The van der Waals surface area contributed by atoms with Crippen LogP contribution in [0.2, 0.25) is 0 Å². The van der Waals surface area contributed by atoms with Crippen LogP contribution in [0.1, 0.15) is 44.0 Å². The minimum atomic E-state index is 0.138. The Morgan fingerprint density at radius 3 is 2.62 bits per heavy atom. The molecule has 1 aromatic rings. The number of nitrogens with zero attached hydrogens (tertiary/aromatic N) is 2. The maximum Gasteiger partial charge on any atom is 0.0624 e. The molecule has 16 heavy (non-hydrogen) atoms. The largest absolute Gasteiger partial charge is 0.396 e. The van der Waals surface area contributed by atoms with Gasteiger partial charge in [0.2, 0.25) is 0 Å². The molecule has 1 heterocycles. The number of hydrogen-bond donors (Lipinski definition) is 1. The Morgan fingerprint density at radius 1 is 1.44 bits per heavy atom. The average Bonchev–Trinajstić information content (AvgIpc) is 2.88. The van der Waals surface area contributed by atoms with E-state index in [9.17, 15) is 5.11 Å². The third kappa shape index (κ3) is 2.14. The highest BCUT2D eigenvalue weighted by Gasteiger charge is 2.34. The van der Waals surface area contributed by atoms with Gasteiger partial charge in [-0.05, 0) is 37.2 Å². The van der Waals surface area contributed by atoms with E-state index in [-0.39, 0.29) is 5.41 Å². The van der Waals surface area contributed by atoms with Crippen LogP contribution in [0.4, 0.5) is 0 Å². The summed E-state index contributed by atoms with van der Waals surface area (Å²) in [5.41, 5.74) is 2.56. The highest BCUT2D eigenvalue weighted by molar-refractivity contribution is 5.13. The molecule has 0 atom stereocenters. The Kier molecular flexibility index (Phi) is 3.33. The van der Waals surface area contributed by atoms with Crippen molar-refractivity contribution in [3.63, 3.8) is 0 Å². The van der Waals surface area contributed by atoms with Gasteiger partial charge in [-0.3, -0.25) is 4.68 Å². The third-order valence-electron chi connectivity index (χ3n) is 3.95. The molecule has 2 rings (SSSR count). The molecular weight excluding hydrogens is 200 g/mol. The third-order valence-corrected chi connectivity index (χ3v) is 3.95. The van der Waals surface area contributed by atoms with Crippen LogP contribution in [0.25, 0.3) is 0 Å². The molecule has 0 spiro atoms. The smallest absolute Gasteiger partial charge is 0.0624 e. The molecule has 0 radical (unpaired) electrons. The van der Waals surface area contributed by atoms with Gasteiger partial charge in [-0.25, -0.2) is 0 Å². The summed E-state index contributed by atoms with van der Waals surface area (Å²) < 4.78 is 1.98. The maximum absolute atomic E-state index is 9.60. The molecule has 90 valence electrons. The fourth-order valence-corrected chi connectivity index (χ4v) is 2.81. The van der Waals surface area contributed by atoms with E-state index in [2.05, 4.69) is 18.1 Å². The lowest BCUT2D eigenvalue weighted by molar-refractivity contribution is 0.128. The van der Waals surface area contributed by atoms with Gasteiger partial charge in [0.05, 0.1) is 5.69 Å². The van der Waals surface area contributed by atoms with Gasteiger partial charge in [0.1, 0.15) is 0 Å². The van der Waals surface area contributed by atoms with E-state index >= 15 is 0 Å². The molecule has 0 aromatic carbocycles. The van der Waals surface area contributed by atoms with E-state index in [0.29, 0.717) is 6.61 Å². The Hall–Kier alpha value is -0.830. The minimum absolute atomic E-state index is 0.138. The van der Waals surface area contributed by atoms with E-state index < -0.39 is 0 Å². The second kappa shape index (κ2) is 4.58. The topological polar surface area (TPSA) is 38.0 Å². The Bertz CT molecular complexity index is 351. The van der Waals surface area contributed by atoms with Gasteiger partial charge in [-0.15, -0.1) is 0 Å². The van der Waals surface area contributed by atoms with Crippen molar-refractivity contribution in [3.8, 4) is 0 Å². The summed E-state index contributed by atoms with van der Waals surface area (Å²) in [4.78, 5) is 0. The van der Waals surface area contributed by atoms with Gasteiger partial charge in [0, 0.05) is 19.3 Å². The molecule has 0 unspecified atom stereocenters. The van der Waals surface area contributed by atoms with E-state index in [1.54, 1.807) is 0 Å². The number of aromatic nitrogens is 2. The van der Waals surface area contributed by atoms with Crippen molar-refractivity contribution in [2.45, 2.75) is 45.4 Å². The van der Waals surface area contributed by atoms with Gasteiger partial charge in [0.15, 0.2) is 0 Å². The molecule has 1 aliphatic carbocycles. The van der Waals surface area contributed by atoms with Gasteiger partial charge >= 0.3 is 0 Å². The number of rotatable bonds is 4. The maximum atomic E-state index is 9.60. The van der Waals surface area contributed by atoms with Gasteiger partial charge in [-0.2, -0.15) is 5.10 Å². The first kappa shape index (κ1) is 11.6. The molecule has 3 heteroatoms. The molecule has 0 saturated heterocycles. The summed E-state index contributed by atoms with van der Waals surface area (Å²) in [6.07, 6.45) is 6.82. The molecule has 1 aliphatic rings. The molecule has 1 fully saturated rings. The van der Waals surface area contributed by atoms with Crippen LogP contribution in [0, 0.1) is 5.41 Å². The summed E-state index contributed by atoms with van der Waals surface area (Å²) >= 11 is 0. The summed E-state index contributed by atoms with van der Waals surface area (Å²) in [6.45, 7) is 2.45. The van der Waals surface area contributed by atoms with Crippen LogP contribution in [-0.2, 0) is 19.9 Å².